The van der Waals surface area contributed by atoms with Gasteiger partial charge in [-0.15, -0.1) is 11.8 Å². The van der Waals surface area contributed by atoms with E-state index in [0.717, 1.165) is 0 Å². The molecule has 0 aromatic carbocycles. The second kappa shape index (κ2) is 2.20. The Kier molecular flexibility index (Phi) is 1.69. The van der Waals surface area contributed by atoms with Gasteiger partial charge >= 0.3 is 0 Å². The van der Waals surface area contributed by atoms with E-state index < -0.39 is 0 Å². The topological polar surface area (TPSA) is 44.0 Å². The highest BCUT2D eigenvalue weighted by Gasteiger charge is 2.43. The molecule has 0 aromatic heterocycles. The van der Waals surface area contributed by atoms with Gasteiger partial charge in [0.25, 0.3) is 0 Å². The summed E-state index contributed by atoms with van der Waals surface area (Å²) >= 11 is 1.54. The maximum atomic E-state index is 8.88. The number of hydrogen-bond acceptors (Lipinski definition) is 3. The van der Waals surface area contributed by atoms with Crippen molar-refractivity contribution in [3.8, 4) is 6.07 Å². The monoisotopic (exact) mass is 143 g/mol. The lowest BCUT2D eigenvalue weighted by atomic mass is 9.82. The molecule has 0 heterocycles. The maximum absolute atomic E-state index is 8.88. The molecule has 0 aliphatic heterocycles. The van der Waals surface area contributed by atoms with Gasteiger partial charge in [-0.1, -0.05) is 0 Å². The molecule has 1 N–H and O–H groups in total. The highest BCUT2D eigenvalue weighted by atomic mass is 32.2. The highest BCUT2D eigenvalue weighted by molar-refractivity contribution is 8.00. The Bertz CT molecular complexity index is 146. The molecule has 0 amide bonds. The van der Waals surface area contributed by atoms with Crippen LogP contribution in [0.25, 0.3) is 0 Å². The van der Waals surface area contributed by atoms with Gasteiger partial charge in [0.2, 0.25) is 0 Å². The van der Waals surface area contributed by atoms with Gasteiger partial charge < -0.3 is 5.11 Å². The molecule has 3 heteroatoms. The molecule has 1 rings (SSSR count). The summed E-state index contributed by atoms with van der Waals surface area (Å²) in [5, 5.41) is 17.5. The first kappa shape index (κ1) is 6.91. The molecule has 1 fully saturated rings. The zero-order valence-corrected chi connectivity index (χ0v) is 6.11. The van der Waals surface area contributed by atoms with Crippen LogP contribution >= 0.6 is 11.8 Å². The first-order valence-corrected chi connectivity index (χ1v) is 4.09. The van der Waals surface area contributed by atoms with E-state index in [0.29, 0.717) is 12.8 Å². The Morgan fingerprint density at radius 1 is 1.78 bits per heavy atom. The summed E-state index contributed by atoms with van der Waals surface area (Å²) in [4.78, 5) is 0. The second-order valence-corrected chi connectivity index (χ2v) is 3.56. The fourth-order valence-corrected chi connectivity index (χ4v) is 1.81. The molecule has 0 radical (unpaired) electrons. The lowest BCUT2D eigenvalue weighted by molar-refractivity contribution is 0.0805. The molecule has 9 heavy (non-hydrogen) atoms. The van der Waals surface area contributed by atoms with Crippen LogP contribution in [0.3, 0.4) is 0 Å². The van der Waals surface area contributed by atoms with Crippen LogP contribution in [0.2, 0.25) is 0 Å². The standard InChI is InChI=1S/C6H9NOS/c1-9-6(4-7)2-5(8)3-6/h5,8H,2-3H2,1H3. The third-order valence-electron chi connectivity index (χ3n) is 1.73. The summed E-state index contributed by atoms with van der Waals surface area (Å²) in [5.74, 6) is 0. The molecule has 1 aliphatic rings. The minimum absolute atomic E-state index is 0.225. The molecule has 0 unspecified atom stereocenters. The van der Waals surface area contributed by atoms with Gasteiger partial charge in [-0.3, -0.25) is 0 Å². The summed E-state index contributed by atoms with van der Waals surface area (Å²) < 4.78 is -0.251. The van der Waals surface area contributed by atoms with Gasteiger partial charge in [-0.2, -0.15) is 5.26 Å². The largest absolute Gasteiger partial charge is 0.393 e. The molecule has 2 nitrogen and oxygen atoms in total. The van der Waals surface area contributed by atoms with Gasteiger partial charge in [-0.25, -0.2) is 0 Å². The Balaban J connectivity index is 2.48. The van der Waals surface area contributed by atoms with Crippen LogP contribution in [0.15, 0.2) is 0 Å². The van der Waals surface area contributed by atoms with E-state index in [-0.39, 0.29) is 10.9 Å². The Labute approximate surface area is 58.9 Å². The molecule has 0 spiro atoms. The minimum Gasteiger partial charge on any atom is -0.393 e. The first-order chi connectivity index (χ1) is 4.22. The second-order valence-electron chi connectivity index (χ2n) is 2.37. The van der Waals surface area contributed by atoms with E-state index >= 15 is 0 Å². The van der Waals surface area contributed by atoms with Gasteiger partial charge in [0.05, 0.1) is 12.2 Å². The van der Waals surface area contributed by atoms with E-state index in [2.05, 4.69) is 6.07 Å². The Hall–Kier alpha value is -0.200. The molecule has 0 saturated heterocycles. The van der Waals surface area contributed by atoms with Crippen molar-refractivity contribution in [2.75, 3.05) is 6.26 Å². The molecular formula is C6H9NOS. The fourth-order valence-electron chi connectivity index (χ4n) is 1.01. The predicted molar refractivity (Wildman–Crippen MR) is 37.1 cm³/mol. The number of hydrogen-bond donors (Lipinski definition) is 1. The number of rotatable bonds is 1. The van der Waals surface area contributed by atoms with Crippen LogP contribution in [0, 0.1) is 11.3 Å². The van der Waals surface area contributed by atoms with Crippen LogP contribution in [-0.4, -0.2) is 22.2 Å². The van der Waals surface area contributed by atoms with Gasteiger partial charge in [-0.05, 0) is 6.26 Å². The predicted octanol–water partition coefficient (Wildman–Crippen LogP) is 0.766. The number of aliphatic hydroxyl groups is 1. The maximum Gasteiger partial charge on any atom is 0.107 e. The minimum atomic E-state index is -0.251. The Morgan fingerprint density at radius 2 is 2.33 bits per heavy atom. The fraction of sp³-hybridized carbons (Fsp3) is 0.833. The van der Waals surface area contributed by atoms with Gasteiger partial charge in [0, 0.05) is 12.8 Å². The Morgan fingerprint density at radius 3 is 2.44 bits per heavy atom. The summed E-state index contributed by atoms with van der Waals surface area (Å²) in [7, 11) is 0. The summed E-state index contributed by atoms with van der Waals surface area (Å²) in [6.07, 6.45) is 2.97. The van der Waals surface area contributed by atoms with Crippen LogP contribution in [0.4, 0.5) is 0 Å². The van der Waals surface area contributed by atoms with E-state index in [1.54, 1.807) is 11.8 Å². The third-order valence-corrected chi connectivity index (χ3v) is 2.93. The average Bonchev–Trinajstić information content (AvgIpc) is 1.81. The zero-order valence-electron chi connectivity index (χ0n) is 5.29. The lowest BCUT2D eigenvalue weighted by Gasteiger charge is -2.37. The van der Waals surface area contributed by atoms with Crippen molar-refractivity contribution in [1.29, 1.82) is 5.26 Å². The molecule has 0 bridgehead atoms. The summed E-state index contributed by atoms with van der Waals surface area (Å²) in [5.41, 5.74) is 0. The number of nitrogens with zero attached hydrogens (tertiary/aromatic N) is 1. The van der Waals surface area contributed by atoms with Crippen LogP contribution in [0.5, 0.6) is 0 Å². The first-order valence-electron chi connectivity index (χ1n) is 2.87. The van der Waals surface area contributed by atoms with Crippen molar-refractivity contribution in [2.24, 2.45) is 0 Å². The zero-order chi connectivity index (χ0) is 6.91. The summed E-state index contributed by atoms with van der Waals surface area (Å²) in [6, 6.07) is 2.20. The van der Waals surface area contributed by atoms with E-state index in [1.165, 1.54) is 0 Å². The lowest BCUT2D eigenvalue weighted by Crippen LogP contribution is -2.42. The van der Waals surface area contributed by atoms with Gasteiger partial charge in [0.1, 0.15) is 4.75 Å². The number of nitriles is 1. The van der Waals surface area contributed by atoms with Crippen molar-refractivity contribution >= 4 is 11.8 Å². The van der Waals surface area contributed by atoms with Gasteiger partial charge in [0.15, 0.2) is 0 Å². The number of thioether (sulfide) groups is 1. The molecular weight excluding hydrogens is 134 g/mol. The molecule has 0 atom stereocenters. The van der Waals surface area contributed by atoms with Crippen molar-refractivity contribution in [3.05, 3.63) is 0 Å². The van der Waals surface area contributed by atoms with Crippen LogP contribution in [-0.2, 0) is 0 Å². The number of aliphatic hydroxyl groups excluding tert-OH is 1. The van der Waals surface area contributed by atoms with Crippen LogP contribution < -0.4 is 0 Å². The average molecular weight is 143 g/mol. The molecule has 50 valence electrons. The normalized spacial score (nSPS) is 41.2. The SMILES string of the molecule is CSC1(C#N)CC(O)C1. The summed E-state index contributed by atoms with van der Waals surface area (Å²) in [6.45, 7) is 0. The van der Waals surface area contributed by atoms with E-state index in [9.17, 15) is 0 Å². The quantitative estimate of drug-likeness (QED) is 0.589. The molecule has 1 saturated carbocycles. The molecule has 1 aliphatic carbocycles. The van der Waals surface area contributed by atoms with Crippen molar-refractivity contribution in [3.63, 3.8) is 0 Å². The van der Waals surface area contributed by atoms with Crippen LogP contribution in [0.1, 0.15) is 12.8 Å². The third kappa shape index (κ3) is 1.05. The van der Waals surface area contributed by atoms with E-state index in [4.69, 9.17) is 10.4 Å². The molecule has 0 aromatic rings. The van der Waals surface area contributed by atoms with E-state index in [1.807, 2.05) is 6.26 Å². The van der Waals surface area contributed by atoms with Crippen molar-refractivity contribution in [1.82, 2.24) is 0 Å². The van der Waals surface area contributed by atoms with Crippen molar-refractivity contribution < 1.29 is 5.11 Å². The van der Waals surface area contributed by atoms with Crippen molar-refractivity contribution in [2.45, 2.75) is 23.7 Å². The highest BCUT2D eigenvalue weighted by Crippen LogP contribution is 2.42. The smallest absolute Gasteiger partial charge is 0.107 e.